The summed E-state index contributed by atoms with van der Waals surface area (Å²) in [6, 6.07) is 3.06. The summed E-state index contributed by atoms with van der Waals surface area (Å²) >= 11 is 0. The first-order valence-corrected chi connectivity index (χ1v) is 8.24. The number of rotatable bonds is 4. The Balaban J connectivity index is 1.68. The highest BCUT2D eigenvalue weighted by Crippen LogP contribution is 2.36. The fourth-order valence-corrected chi connectivity index (χ4v) is 4.16. The van der Waals surface area contributed by atoms with E-state index in [1.165, 1.54) is 50.6 Å². The molecule has 1 aromatic heterocycles. The van der Waals surface area contributed by atoms with Gasteiger partial charge in [-0.3, -0.25) is 4.90 Å². The Bertz CT molecular complexity index is 438. The van der Waals surface area contributed by atoms with Crippen molar-refractivity contribution in [3.05, 3.63) is 23.2 Å². The first-order valence-electron chi connectivity index (χ1n) is 8.24. The number of furan rings is 1. The highest BCUT2D eigenvalue weighted by Gasteiger charge is 2.33. The molecule has 0 aromatic carbocycles. The maximum Gasteiger partial charge on any atom is 0.118 e. The average Bonchev–Trinajstić information content (AvgIpc) is 2.80. The van der Waals surface area contributed by atoms with Crippen molar-refractivity contribution < 1.29 is 4.42 Å². The van der Waals surface area contributed by atoms with Crippen LogP contribution in [0.15, 0.2) is 10.5 Å². The zero-order valence-corrected chi connectivity index (χ0v) is 13.0. The highest BCUT2D eigenvalue weighted by atomic mass is 16.3. The molecule has 3 heteroatoms. The zero-order valence-electron chi connectivity index (χ0n) is 13.0. The lowest BCUT2D eigenvalue weighted by atomic mass is 9.78. The van der Waals surface area contributed by atoms with E-state index in [2.05, 4.69) is 23.2 Å². The Hall–Kier alpha value is -0.800. The van der Waals surface area contributed by atoms with Gasteiger partial charge in [-0.1, -0.05) is 12.8 Å². The van der Waals surface area contributed by atoms with Crippen molar-refractivity contribution in [3.8, 4) is 0 Å². The van der Waals surface area contributed by atoms with Crippen molar-refractivity contribution in [3.63, 3.8) is 0 Å². The smallest absolute Gasteiger partial charge is 0.118 e. The van der Waals surface area contributed by atoms with Crippen LogP contribution in [-0.2, 0) is 13.1 Å². The van der Waals surface area contributed by atoms with Gasteiger partial charge in [0.05, 0.1) is 6.54 Å². The third kappa shape index (κ3) is 2.94. The molecule has 0 bridgehead atoms. The van der Waals surface area contributed by atoms with Gasteiger partial charge in [0.2, 0.25) is 0 Å². The Morgan fingerprint density at radius 2 is 2.05 bits per heavy atom. The molecule has 0 unspecified atom stereocenters. The maximum atomic E-state index is 5.97. The van der Waals surface area contributed by atoms with E-state index in [9.17, 15) is 0 Å². The van der Waals surface area contributed by atoms with Crippen LogP contribution in [0.2, 0.25) is 0 Å². The second-order valence-corrected chi connectivity index (χ2v) is 6.55. The summed E-state index contributed by atoms with van der Waals surface area (Å²) in [5.74, 6) is 3.18. The van der Waals surface area contributed by atoms with Crippen LogP contribution in [0, 0.1) is 12.8 Å². The summed E-state index contributed by atoms with van der Waals surface area (Å²) in [6.07, 6.45) is 8.52. The maximum absolute atomic E-state index is 5.97. The van der Waals surface area contributed by atoms with Gasteiger partial charge in [-0.25, -0.2) is 0 Å². The van der Waals surface area contributed by atoms with Crippen LogP contribution in [0.1, 0.15) is 55.6 Å². The summed E-state index contributed by atoms with van der Waals surface area (Å²) in [4.78, 5) is 2.69. The van der Waals surface area contributed by atoms with E-state index >= 15 is 0 Å². The molecule has 2 atom stereocenters. The molecule has 2 aliphatic rings. The molecular formula is C17H28N2O. The molecule has 1 aliphatic carbocycles. The molecule has 1 aliphatic heterocycles. The average molecular weight is 276 g/mol. The number of nitrogens with one attached hydrogen (secondary N) is 1. The van der Waals surface area contributed by atoms with E-state index in [1.807, 2.05) is 7.05 Å². The number of nitrogens with zero attached hydrogens (tertiary/aromatic N) is 1. The van der Waals surface area contributed by atoms with Gasteiger partial charge < -0.3 is 9.73 Å². The van der Waals surface area contributed by atoms with Crippen molar-refractivity contribution in [1.29, 1.82) is 0 Å². The molecular weight excluding hydrogens is 248 g/mol. The van der Waals surface area contributed by atoms with Crippen molar-refractivity contribution >= 4 is 0 Å². The second kappa shape index (κ2) is 6.31. The summed E-state index contributed by atoms with van der Waals surface area (Å²) in [6.45, 7) is 5.24. The van der Waals surface area contributed by atoms with Crippen molar-refractivity contribution in [2.45, 2.75) is 64.6 Å². The van der Waals surface area contributed by atoms with Gasteiger partial charge in [-0.2, -0.15) is 0 Å². The van der Waals surface area contributed by atoms with Crippen molar-refractivity contribution in [1.82, 2.24) is 10.2 Å². The predicted molar refractivity (Wildman–Crippen MR) is 81.6 cm³/mol. The van der Waals surface area contributed by atoms with E-state index in [0.717, 1.165) is 36.6 Å². The van der Waals surface area contributed by atoms with Gasteiger partial charge in [0.25, 0.3) is 0 Å². The summed E-state index contributed by atoms with van der Waals surface area (Å²) in [5.41, 5.74) is 1.31. The lowest BCUT2D eigenvalue weighted by Crippen LogP contribution is -2.46. The first-order chi connectivity index (χ1) is 9.78. The van der Waals surface area contributed by atoms with Gasteiger partial charge >= 0.3 is 0 Å². The quantitative estimate of drug-likeness (QED) is 0.913. The molecule has 0 spiro atoms. The van der Waals surface area contributed by atoms with Gasteiger partial charge in [0.15, 0.2) is 0 Å². The predicted octanol–water partition coefficient (Wildman–Crippen LogP) is 3.46. The van der Waals surface area contributed by atoms with E-state index < -0.39 is 0 Å². The Kier molecular flexibility index (Phi) is 4.47. The van der Waals surface area contributed by atoms with Crippen LogP contribution < -0.4 is 5.32 Å². The highest BCUT2D eigenvalue weighted by molar-refractivity contribution is 5.20. The third-order valence-corrected chi connectivity index (χ3v) is 5.16. The molecule has 20 heavy (non-hydrogen) atoms. The molecule has 0 radical (unpaired) electrons. The van der Waals surface area contributed by atoms with E-state index in [4.69, 9.17) is 4.42 Å². The molecule has 1 saturated carbocycles. The molecule has 1 N–H and O–H groups in total. The minimum atomic E-state index is 0.815. The third-order valence-electron chi connectivity index (χ3n) is 5.16. The van der Waals surface area contributed by atoms with Crippen LogP contribution in [0.25, 0.3) is 0 Å². The summed E-state index contributed by atoms with van der Waals surface area (Å²) in [5, 5.41) is 3.21. The van der Waals surface area contributed by atoms with Crippen LogP contribution in [0.5, 0.6) is 0 Å². The first kappa shape index (κ1) is 14.2. The normalized spacial score (nSPS) is 27.5. The SMILES string of the molecule is CNCc1cc(CN2CCC[C@H]3CCCC[C@H]32)oc1C. The minimum absolute atomic E-state index is 0.815. The molecule has 3 rings (SSSR count). The standard InChI is InChI=1S/C17H28N2O/c1-13-15(11-18-2)10-16(20-13)12-19-9-5-7-14-6-3-4-8-17(14)19/h10,14,17-18H,3-9,11-12H2,1-2H3/t14-,17-/m1/s1. The van der Waals surface area contributed by atoms with Crippen LogP contribution in [-0.4, -0.2) is 24.5 Å². The molecule has 1 aromatic rings. The number of hydrogen-bond acceptors (Lipinski definition) is 3. The zero-order chi connectivity index (χ0) is 13.9. The van der Waals surface area contributed by atoms with Gasteiger partial charge in [0, 0.05) is 18.2 Å². The Labute approximate surface area is 122 Å². The van der Waals surface area contributed by atoms with Crippen LogP contribution >= 0.6 is 0 Å². The molecule has 2 heterocycles. The lowest BCUT2D eigenvalue weighted by molar-refractivity contribution is 0.0493. The minimum Gasteiger partial charge on any atom is -0.465 e. The van der Waals surface area contributed by atoms with Gasteiger partial charge in [-0.05, 0) is 58.2 Å². The molecule has 0 amide bonds. The van der Waals surface area contributed by atoms with Gasteiger partial charge in [-0.15, -0.1) is 0 Å². The summed E-state index contributed by atoms with van der Waals surface area (Å²) < 4.78 is 5.97. The van der Waals surface area contributed by atoms with Crippen LogP contribution in [0.3, 0.4) is 0 Å². The van der Waals surface area contributed by atoms with Crippen LogP contribution in [0.4, 0.5) is 0 Å². The monoisotopic (exact) mass is 276 g/mol. The topological polar surface area (TPSA) is 28.4 Å². The fourth-order valence-electron chi connectivity index (χ4n) is 4.16. The number of fused-ring (bicyclic) bond motifs is 1. The number of aryl methyl sites for hydroxylation is 1. The second-order valence-electron chi connectivity index (χ2n) is 6.55. The van der Waals surface area contributed by atoms with E-state index in [0.29, 0.717) is 0 Å². The van der Waals surface area contributed by atoms with Crippen molar-refractivity contribution in [2.24, 2.45) is 5.92 Å². The number of hydrogen-bond donors (Lipinski definition) is 1. The largest absolute Gasteiger partial charge is 0.465 e. The van der Waals surface area contributed by atoms with Crippen molar-refractivity contribution in [2.75, 3.05) is 13.6 Å². The Morgan fingerprint density at radius 1 is 1.25 bits per heavy atom. The van der Waals surface area contributed by atoms with Gasteiger partial charge in [0.1, 0.15) is 11.5 Å². The Morgan fingerprint density at radius 3 is 2.90 bits per heavy atom. The number of likely N-dealkylation sites (tertiary alicyclic amines) is 1. The number of piperidine rings is 1. The fraction of sp³-hybridized carbons (Fsp3) is 0.765. The van der Waals surface area contributed by atoms with E-state index in [-0.39, 0.29) is 0 Å². The lowest BCUT2D eigenvalue weighted by Gasteiger charge is -2.43. The molecule has 112 valence electrons. The molecule has 2 fully saturated rings. The van der Waals surface area contributed by atoms with E-state index in [1.54, 1.807) is 0 Å². The molecule has 1 saturated heterocycles. The molecule has 3 nitrogen and oxygen atoms in total. The summed E-state index contributed by atoms with van der Waals surface area (Å²) in [7, 11) is 1.99.